The molecule has 0 unspecified atom stereocenters. The van der Waals surface area contributed by atoms with Crippen LogP contribution in [0.5, 0.6) is 5.75 Å². The molecule has 2 rings (SSSR count). The van der Waals surface area contributed by atoms with Crippen molar-refractivity contribution in [2.45, 2.75) is 18.8 Å². The van der Waals surface area contributed by atoms with Crippen LogP contribution < -0.4 is 9.84 Å². The number of aromatic nitrogens is 1. The van der Waals surface area contributed by atoms with Gasteiger partial charge in [-0.3, -0.25) is 4.98 Å². The van der Waals surface area contributed by atoms with Crippen molar-refractivity contribution < 1.29 is 23.4 Å². The van der Waals surface area contributed by atoms with E-state index in [0.29, 0.717) is 0 Å². The minimum atomic E-state index is -2.60. The number of hydrogen-bond acceptors (Lipinski definition) is 4. The molecular weight excluding hydrogens is 232 g/mol. The maximum absolute atomic E-state index is 12.5. The minimum absolute atomic E-state index is 0.0581. The molecule has 0 aromatic carbocycles. The summed E-state index contributed by atoms with van der Waals surface area (Å²) in [6.45, 7) is 0.0710. The Hall–Kier alpha value is -1.72. The Kier molecular flexibility index (Phi) is 2.95. The maximum atomic E-state index is 12.5. The molecule has 0 saturated heterocycles. The molecule has 1 fully saturated rings. The first kappa shape index (κ1) is 11.8. The number of hydrogen-bond donors (Lipinski definition) is 0. The molecule has 0 bridgehead atoms. The summed E-state index contributed by atoms with van der Waals surface area (Å²) in [7, 11) is 0. The van der Waals surface area contributed by atoms with Gasteiger partial charge in [0.1, 0.15) is 11.4 Å². The molecule has 1 heterocycles. The number of carbonyl (C=O) groups is 1. The van der Waals surface area contributed by atoms with Gasteiger partial charge in [0.2, 0.25) is 5.92 Å². The van der Waals surface area contributed by atoms with E-state index in [1.165, 1.54) is 18.3 Å². The number of carboxylic acids is 1. The molecule has 4 nitrogen and oxygen atoms in total. The molecule has 1 aromatic heterocycles. The zero-order valence-corrected chi connectivity index (χ0v) is 8.86. The molecule has 92 valence electrons. The van der Waals surface area contributed by atoms with E-state index in [-0.39, 0.29) is 36.8 Å². The lowest BCUT2D eigenvalue weighted by atomic mass is 9.82. The van der Waals surface area contributed by atoms with Crippen molar-refractivity contribution in [2.24, 2.45) is 5.92 Å². The SMILES string of the molecule is O=C([O-])c1ncccc1OCC1CC(F)(F)C1. The summed E-state index contributed by atoms with van der Waals surface area (Å²) in [5.74, 6) is -4.22. The quantitative estimate of drug-likeness (QED) is 0.785. The van der Waals surface area contributed by atoms with Crippen molar-refractivity contribution in [1.82, 2.24) is 4.98 Å². The van der Waals surface area contributed by atoms with E-state index in [1.54, 1.807) is 0 Å². The molecule has 0 spiro atoms. The zero-order chi connectivity index (χ0) is 12.5. The van der Waals surface area contributed by atoms with Crippen LogP contribution in [0.25, 0.3) is 0 Å². The predicted molar refractivity (Wildman–Crippen MR) is 51.7 cm³/mol. The van der Waals surface area contributed by atoms with Gasteiger partial charge >= 0.3 is 0 Å². The highest BCUT2D eigenvalue weighted by molar-refractivity contribution is 5.86. The van der Waals surface area contributed by atoms with Crippen LogP contribution in [0.15, 0.2) is 18.3 Å². The first-order chi connectivity index (χ1) is 7.98. The van der Waals surface area contributed by atoms with Crippen LogP contribution in [0.4, 0.5) is 8.78 Å². The van der Waals surface area contributed by atoms with Crippen LogP contribution in [0, 0.1) is 5.92 Å². The highest BCUT2D eigenvalue weighted by Crippen LogP contribution is 2.42. The van der Waals surface area contributed by atoms with Gasteiger partial charge < -0.3 is 14.6 Å². The molecule has 1 aliphatic rings. The molecule has 1 saturated carbocycles. The molecule has 6 heteroatoms. The number of alkyl halides is 2. The third kappa shape index (κ3) is 2.69. The second-order valence-electron chi connectivity index (χ2n) is 4.08. The van der Waals surface area contributed by atoms with Gasteiger partial charge in [0, 0.05) is 25.0 Å². The van der Waals surface area contributed by atoms with Crippen LogP contribution in [-0.2, 0) is 0 Å². The molecule has 0 N–H and O–H groups in total. The Morgan fingerprint density at radius 3 is 2.88 bits per heavy atom. The molecule has 1 aromatic rings. The summed E-state index contributed by atoms with van der Waals surface area (Å²) in [6, 6.07) is 2.94. The second kappa shape index (κ2) is 4.27. The Labute approximate surface area is 96.2 Å². The molecule has 1 aliphatic carbocycles. The zero-order valence-electron chi connectivity index (χ0n) is 8.86. The fourth-order valence-electron chi connectivity index (χ4n) is 1.77. The summed E-state index contributed by atoms with van der Waals surface area (Å²) in [6.07, 6.45) is 0.872. The number of nitrogens with zero attached hydrogens (tertiary/aromatic N) is 1. The van der Waals surface area contributed by atoms with Crippen molar-refractivity contribution in [3.63, 3.8) is 0 Å². The minimum Gasteiger partial charge on any atom is -0.543 e. The fourth-order valence-corrected chi connectivity index (χ4v) is 1.77. The highest BCUT2D eigenvalue weighted by Gasteiger charge is 2.45. The topological polar surface area (TPSA) is 62.2 Å². The van der Waals surface area contributed by atoms with Crippen LogP contribution in [-0.4, -0.2) is 23.5 Å². The molecule has 0 radical (unpaired) electrons. The number of carbonyl (C=O) groups excluding carboxylic acids is 1. The molecule has 0 amide bonds. The lowest BCUT2D eigenvalue weighted by molar-refractivity contribution is -0.255. The average Bonchev–Trinajstić information content (AvgIpc) is 2.23. The Morgan fingerprint density at radius 1 is 1.59 bits per heavy atom. The average molecular weight is 242 g/mol. The van der Waals surface area contributed by atoms with E-state index in [1.807, 2.05) is 0 Å². The number of carboxylic acid groups (broad SMARTS) is 1. The summed E-state index contributed by atoms with van der Waals surface area (Å²) >= 11 is 0. The predicted octanol–water partition coefficient (Wildman–Crippen LogP) is 0.869. The third-order valence-electron chi connectivity index (χ3n) is 2.61. The van der Waals surface area contributed by atoms with Crippen LogP contribution in [0.1, 0.15) is 23.3 Å². The molecular formula is C11H10F2NO3-. The smallest absolute Gasteiger partial charge is 0.248 e. The van der Waals surface area contributed by atoms with E-state index in [9.17, 15) is 18.7 Å². The summed E-state index contributed by atoms with van der Waals surface area (Å²) in [5, 5.41) is 10.7. The normalized spacial score (nSPS) is 18.5. The summed E-state index contributed by atoms with van der Waals surface area (Å²) < 4.78 is 30.3. The van der Waals surface area contributed by atoms with Gasteiger partial charge in [-0.1, -0.05) is 0 Å². The maximum Gasteiger partial charge on any atom is 0.248 e. The highest BCUT2D eigenvalue weighted by atomic mass is 19.3. The number of halogens is 2. The van der Waals surface area contributed by atoms with E-state index < -0.39 is 11.9 Å². The lowest BCUT2D eigenvalue weighted by Gasteiger charge is -2.34. The van der Waals surface area contributed by atoms with Crippen LogP contribution >= 0.6 is 0 Å². The van der Waals surface area contributed by atoms with Gasteiger partial charge in [-0.05, 0) is 12.1 Å². The van der Waals surface area contributed by atoms with Crippen LogP contribution in [0.3, 0.4) is 0 Å². The van der Waals surface area contributed by atoms with Gasteiger partial charge in [0.25, 0.3) is 0 Å². The molecule has 17 heavy (non-hydrogen) atoms. The van der Waals surface area contributed by atoms with Gasteiger partial charge in [0.05, 0.1) is 12.6 Å². The third-order valence-corrected chi connectivity index (χ3v) is 2.61. The van der Waals surface area contributed by atoms with E-state index in [4.69, 9.17) is 4.74 Å². The lowest BCUT2D eigenvalue weighted by Crippen LogP contribution is -2.38. The van der Waals surface area contributed by atoms with E-state index in [0.717, 1.165) is 0 Å². The number of ether oxygens (including phenoxy) is 1. The number of pyridine rings is 1. The van der Waals surface area contributed by atoms with Crippen molar-refractivity contribution in [2.75, 3.05) is 6.61 Å². The Morgan fingerprint density at radius 2 is 2.29 bits per heavy atom. The monoisotopic (exact) mass is 242 g/mol. The van der Waals surface area contributed by atoms with Crippen molar-refractivity contribution in [3.8, 4) is 5.75 Å². The first-order valence-corrected chi connectivity index (χ1v) is 5.15. The summed E-state index contributed by atoms with van der Waals surface area (Å²) in [4.78, 5) is 14.3. The fraction of sp³-hybridized carbons (Fsp3) is 0.455. The van der Waals surface area contributed by atoms with Crippen molar-refractivity contribution in [1.29, 1.82) is 0 Å². The van der Waals surface area contributed by atoms with Gasteiger partial charge in [-0.25, -0.2) is 8.78 Å². The standard InChI is InChI=1S/C11H11F2NO3/c12-11(13)4-7(5-11)6-17-8-2-1-3-14-9(8)10(15)16/h1-3,7H,4-6H2,(H,15,16)/p-1. The second-order valence-corrected chi connectivity index (χ2v) is 4.08. The Bertz CT molecular complexity index is 428. The largest absolute Gasteiger partial charge is 0.543 e. The van der Waals surface area contributed by atoms with Crippen molar-refractivity contribution in [3.05, 3.63) is 24.0 Å². The number of rotatable bonds is 4. The van der Waals surface area contributed by atoms with Gasteiger partial charge in [-0.15, -0.1) is 0 Å². The van der Waals surface area contributed by atoms with Gasteiger partial charge in [-0.2, -0.15) is 0 Å². The van der Waals surface area contributed by atoms with E-state index >= 15 is 0 Å². The van der Waals surface area contributed by atoms with Gasteiger partial charge in [0.15, 0.2) is 0 Å². The van der Waals surface area contributed by atoms with Crippen molar-refractivity contribution >= 4 is 5.97 Å². The summed E-state index contributed by atoms with van der Waals surface area (Å²) in [5.41, 5.74) is -0.307. The molecule has 0 aliphatic heterocycles. The molecule has 0 atom stereocenters. The Balaban J connectivity index is 1.93. The first-order valence-electron chi connectivity index (χ1n) is 5.15. The van der Waals surface area contributed by atoms with Crippen LogP contribution in [0.2, 0.25) is 0 Å². The number of aromatic carboxylic acids is 1. The van der Waals surface area contributed by atoms with E-state index in [2.05, 4.69) is 4.98 Å².